The van der Waals surface area contributed by atoms with Crippen LogP contribution in [0.15, 0.2) is 65.8 Å². The molecule has 1 N–H and O–H groups in total. The van der Waals surface area contributed by atoms with Crippen molar-refractivity contribution in [3.63, 3.8) is 0 Å². The number of aryl methyl sites for hydroxylation is 1. The molecular weight excluding hydrogens is 494 g/mol. The molecule has 3 aromatic rings. The van der Waals surface area contributed by atoms with Crippen LogP contribution >= 0.6 is 23.4 Å². The van der Waals surface area contributed by atoms with Gasteiger partial charge in [-0.15, -0.1) is 0 Å². The molecule has 1 saturated heterocycles. The third kappa shape index (κ3) is 7.51. The first-order chi connectivity index (χ1) is 17.5. The van der Waals surface area contributed by atoms with Crippen molar-refractivity contribution >= 4 is 40.8 Å². The van der Waals surface area contributed by atoms with Crippen molar-refractivity contribution < 1.29 is 9.53 Å². The topological polar surface area (TPSA) is 70.6 Å². The molecule has 1 amide bonds. The van der Waals surface area contributed by atoms with E-state index in [1.54, 1.807) is 13.2 Å². The number of anilines is 2. The average molecular weight is 526 g/mol. The van der Waals surface area contributed by atoms with E-state index < -0.39 is 0 Å². The molecule has 1 aliphatic heterocycles. The number of nitrogens with one attached hydrogen (secondary N) is 1. The van der Waals surface area contributed by atoms with E-state index in [2.05, 4.69) is 49.4 Å². The first-order valence-corrected chi connectivity index (χ1v) is 13.5. The zero-order valence-corrected chi connectivity index (χ0v) is 22.3. The van der Waals surface area contributed by atoms with Crippen molar-refractivity contribution in [2.45, 2.75) is 31.0 Å². The molecule has 9 heteroatoms. The third-order valence-corrected chi connectivity index (χ3v) is 7.19. The van der Waals surface area contributed by atoms with Crippen molar-refractivity contribution in [3.8, 4) is 5.75 Å². The Kier molecular flexibility index (Phi) is 9.30. The number of piperazine rings is 1. The number of hydrogen-bond acceptors (Lipinski definition) is 7. The second-order valence-electron chi connectivity index (χ2n) is 8.79. The Labute approximate surface area is 222 Å². The standard InChI is InChI=1S/C27H32ClN5O2S/c1-20(8-9-21-6-4-3-5-7-21)29-26(34)19-36-27-30-24(28)18-25(31-27)33-16-14-32(15-17-33)22-10-12-23(35-2)13-11-22/h3-7,10-13,18,20H,8-9,14-17,19H2,1-2H3,(H,29,34). The molecule has 4 rings (SSSR count). The van der Waals surface area contributed by atoms with Crippen molar-refractivity contribution in [1.82, 2.24) is 15.3 Å². The molecule has 190 valence electrons. The summed E-state index contributed by atoms with van der Waals surface area (Å²) >= 11 is 7.62. The van der Waals surface area contributed by atoms with Crippen LogP contribution < -0.4 is 19.9 Å². The fourth-order valence-corrected chi connectivity index (χ4v) is 5.04. The second-order valence-corrected chi connectivity index (χ2v) is 10.1. The van der Waals surface area contributed by atoms with E-state index in [4.69, 9.17) is 16.3 Å². The number of hydrogen-bond donors (Lipinski definition) is 1. The molecule has 1 unspecified atom stereocenters. The van der Waals surface area contributed by atoms with Crippen LogP contribution in [0.4, 0.5) is 11.5 Å². The Morgan fingerprint density at radius 3 is 2.44 bits per heavy atom. The van der Waals surface area contributed by atoms with Crippen LogP contribution in [-0.2, 0) is 11.2 Å². The fourth-order valence-electron chi connectivity index (χ4n) is 4.15. The maximum Gasteiger partial charge on any atom is 0.230 e. The van der Waals surface area contributed by atoms with Gasteiger partial charge in [0, 0.05) is 44.0 Å². The smallest absolute Gasteiger partial charge is 0.230 e. The molecule has 7 nitrogen and oxygen atoms in total. The van der Waals surface area contributed by atoms with Gasteiger partial charge in [0.25, 0.3) is 0 Å². The fraction of sp³-hybridized carbons (Fsp3) is 0.370. The minimum absolute atomic E-state index is 0.0289. The van der Waals surface area contributed by atoms with Gasteiger partial charge in [0.15, 0.2) is 5.16 Å². The summed E-state index contributed by atoms with van der Waals surface area (Å²) in [5, 5.41) is 3.97. The first kappa shape index (κ1) is 26.1. The maximum absolute atomic E-state index is 12.5. The maximum atomic E-state index is 12.5. The third-order valence-electron chi connectivity index (χ3n) is 6.15. The van der Waals surface area contributed by atoms with Gasteiger partial charge in [-0.25, -0.2) is 9.97 Å². The lowest BCUT2D eigenvalue weighted by molar-refractivity contribution is -0.119. The summed E-state index contributed by atoms with van der Waals surface area (Å²) in [4.78, 5) is 26.0. The molecule has 1 aliphatic rings. The summed E-state index contributed by atoms with van der Waals surface area (Å²) in [6.07, 6.45) is 1.82. The summed E-state index contributed by atoms with van der Waals surface area (Å²) in [5.74, 6) is 1.87. The van der Waals surface area contributed by atoms with Gasteiger partial charge in [0.05, 0.1) is 12.9 Å². The number of carbonyl (C=O) groups is 1. The Bertz CT molecular complexity index is 1120. The van der Waals surface area contributed by atoms with E-state index in [1.807, 2.05) is 37.3 Å². The van der Waals surface area contributed by atoms with Crippen molar-refractivity contribution in [2.24, 2.45) is 0 Å². The summed E-state index contributed by atoms with van der Waals surface area (Å²) in [5.41, 5.74) is 2.45. The highest BCUT2D eigenvalue weighted by molar-refractivity contribution is 7.99. The van der Waals surface area contributed by atoms with Gasteiger partial charge < -0.3 is 19.9 Å². The highest BCUT2D eigenvalue weighted by atomic mass is 35.5. The van der Waals surface area contributed by atoms with E-state index in [0.717, 1.165) is 50.6 Å². The molecule has 1 aromatic heterocycles. The van der Waals surface area contributed by atoms with Crippen LogP contribution in [0.5, 0.6) is 5.75 Å². The van der Waals surface area contributed by atoms with E-state index in [-0.39, 0.29) is 17.7 Å². The molecule has 0 aliphatic carbocycles. The normalized spacial score (nSPS) is 14.4. The number of thioether (sulfide) groups is 1. The summed E-state index contributed by atoms with van der Waals surface area (Å²) < 4.78 is 5.25. The van der Waals surface area contributed by atoms with Crippen LogP contribution in [0.2, 0.25) is 5.15 Å². The zero-order valence-electron chi connectivity index (χ0n) is 20.7. The minimum Gasteiger partial charge on any atom is -0.497 e. The zero-order chi connectivity index (χ0) is 25.3. The highest BCUT2D eigenvalue weighted by Gasteiger charge is 2.20. The average Bonchev–Trinajstić information content (AvgIpc) is 2.91. The minimum atomic E-state index is -0.0289. The van der Waals surface area contributed by atoms with Gasteiger partial charge in [-0.2, -0.15) is 0 Å². The SMILES string of the molecule is COc1ccc(N2CCN(c3cc(Cl)nc(SCC(=O)NC(C)CCc4ccccc4)n3)CC2)cc1. The first-order valence-electron chi connectivity index (χ1n) is 12.1. The van der Waals surface area contributed by atoms with Gasteiger partial charge in [-0.05, 0) is 49.6 Å². The quantitative estimate of drug-likeness (QED) is 0.234. The Morgan fingerprint density at radius 1 is 1.06 bits per heavy atom. The van der Waals surface area contributed by atoms with Gasteiger partial charge in [-0.3, -0.25) is 4.79 Å². The van der Waals surface area contributed by atoms with Crippen LogP contribution in [0.1, 0.15) is 18.9 Å². The van der Waals surface area contributed by atoms with Crippen LogP contribution in [0, 0.1) is 0 Å². The lowest BCUT2D eigenvalue weighted by Crippen LogP contribution is -2.46. The second kappa shape index (κ2) is 12.8. The summed E-state index contributed by atoms with van der Waals surface area (Å²) in [7, 11) is 1.67. The molecule has 1 fully saturated rings. The lowest BCUT2D eigenvalue weighted by Gasteiger charge is -2.36. The number of aromatic nitrogens is 2. The Balaban J connectivity index is 1.25. The number of nitrogens with zero attached hydrogens (tertiary/aromatic N) is 4. The van der Waals surface area contributed by atoms with Gasteiger partial charge in [-0.1, -0.05) is 53.7 Å². The number of methoxy groups -OCH3 is 1. The van der Waals surface area contributed by atoms with E-state index >= 15 is 0 Å². The number of carbonyl (C=O) groups excluding carboxylic acids is 1. The molecular formula is C27H32ClN5O2S. The van der Waals surface area contributed by atoms with Crippen LogP contribution in [0.25, 0.3) is 0 Å². The predicted molar refractivity (Wildman–Crippen MR) is 148 cm³/mol. The molecule has 2 aromatic carbocycles. The number of rotatable bonds is 10. The lowest BCUT2D eigenvalue weighted by atomic mass is 10.1. The molecule has 0 radical (unpaired) electrons. The van der Waals surface area contributed by atoms with Gasteiger partial charge in [0.1, 0.15) is 16.7 Å². The van der Waals surface area contributed by atoms with Crippen molar-refractivity contribution in [1.29, 1.82) is 0 Å². The molecule has 0 spiro atoms. The van der Waals surface area contributed by atoms with E-state index in [0.29, 0.717) is 10.3 Å². The molecule has 2 heterocycles. The van der Waals surface area contributed by atoms with Crippen LogP contribution in [-0.4, -0.2) is 61.0 Å². The molecule has 1 atom stereocenters. The number of halogens is 1. The van der Waals surface area contributed by atoms with Gasteiger partial charge >= 0.3 is 0 Å². The highest BCUT2D eigenvalue weighted by Crippen LogP contribution is 2.25. The number of ether oxygens (including phenoxy) is 1. The summed E-state index contributed by atoms with van der Waals surface area (Å²) in [6, 6.07) is 20.3. The van der Waals surface area contributed by atoms with Crippen molar-refractivity contribution in [2.75, 3.05) is 48.8 Å². The Hall–Kier alpha value is -2.97. The largest absolute Gasteiger partial charge is 0.497 e. The molecule has 36 heavy (non-hydrogen) atoms. The summed E-state index contributed by atoms with van der Waals surface area (Å²) in [6.45, 7) is 5.43. The van der Waals surface area contributed by atoms with E-state index in [9.17, 15) is 4.79 Å². The van der Waals surface area contributed by atoms with Crippen molar-refractivity contribution in [3.05, 3.63) is 71.4 Å². The van der Waals surface area contributed by atoms with E-state index in [1.165, 1.54) is 23.0 Å². The molecule has 0 saturated carbocycles. The Morgan fingerprint density at radius 2 is 1.75 bits per heavy atom. The van der Waals surface area contributed by atoms with Crippen LogP contribution in [0.3, 0.4) is 0 Å². The predicted octanol–water partition coefficient (Wildman–Crippen LogP) is 4.69. The molecule has 0 bridgehead atoms. The number of benzene rings is 2. The van der Waals surface area contributed by atoms with Gasteiger partial charge in [0.2, 0.25) is 5.91 Å². The monoisotopic (exact) mass is 525 g/mol. The number of amides is 1.